The molecule has 0 spiro atoms. The van der Waals surface area contributed by atoms with Crippen LogP contribution >= 0.6 is 34.5 Å². The minimum atomic E-state index is 0.361. The van der Waals surface area contributed by atoms with Crippen LogP contribution in [0.5, 0.6) is 0 Å². The smallest absolute Gasteiger partial charge is 0.0992 e. The number of hydrogen-bond donors (Lipinski definition) is 1. The van der Waals surface area contributed by atoms with Gasteiger partial charge in [-0.1, -0.05) is 55.3 Å². The summed E-state index contributed by atoms with van der Waals surface area (Å²) in [4.78, 5) is 0. The summed E-state index contributed by atoms with van der Waals surface area (Å²) in [5.41, 5.74) is 1.19. The Kier molecular flexibility index (Phi) is 5.81. The van der Waals surface area contributed by atoms with Gasteiger partial charge >= 0.3 is 0 Å². The van der Waals surface area contributed by atoms with Gasteiger partial charge in [-0.25, -0.2) is 0 Å². The fraction of sp³-hybridized carbons (Fsp3) is 0.714. The van der Waals surface area contributed by atoms with Crippen LogP contribution in [-0.2, 0) is 0 Å². The fourth-order valence-electron chi connectivity index (χ4n) is 3.03. The molecule has 1 fully saturated rings. The van der Waals surface area contributed by atoms with Gasteiger partial charge in [0.15, 0.2) is 0 Å². The van der Waals surface area contributed by atoms with Gasteiger partial charge in [-0.2, -0.15) is 0 Å². The topological polar surface area (TPSA) is 12.0 Å². The van der Waals surface area contributed by atoms with Crippen molar-refractivity contribution in [3.63, 3.8) is 0 Å². The van der Waals surface area contributed by atoms with E-state index in [0.717, 1.165) is 8.67 Å². The number of rotatable bonds is 3. The Bertz CT molecular complexity index is 370. The predicted molar refractivity (Wildman–Crippen MR) is 81.9 cm³/mol. The summed E-state index contributed by atoms with van der Waals surface area (Å²) in [6.45, 7) is 0. The summed E-state index contributed by atoms with van der Waals surface area (Å²) in [7, 11) is 2.03. The molecule has 1 atom stereocenters. The third-order valence-electron chi connectivity index (χ3n) is 3.95. The summed E-state index contributed by atoms with van der Waals surface area (Å²) < 4.78 is 1.64. The van der Waals surface area contributed by atoms with Gasteiger partial charge in [0.25, 0.3) is 0 Å². The summed E-state index contributed by atoms with van der Waals surface area (Å²) in [5, 5.41) is 3.45. The Morgan fingerprint density at radius 1 is 1.17 bits per heavy atom. The molecule has 1 aliphatic carbocycles. The van der Waals surface area contributed by atoms with Gasteiger partial charge in [-0.05, 0) is 31.9 Å². The summed E-state index contributed by atoms with van der Waals surface area (Å²) in [5.74, 6) is 0.693. The Hall–Kier alpha value is 0.240. The first-order valence-electron chi connectivity index (χ1n) is 6.84. The number of halogens is 2. The molecule has 1 heterocycles. The summed E-state index contributed by atoms with van der Waals surface area (Å²) in [6, 6.07) is 2.40. The molecule has 1 aromatic rings. The molecule has 1 unspecified atom stereocenters. The molecule has 1 aromatic heterocycles. The summed E-state index contributed by atoms with van der Waals surface area (Å²) in [6.07, 6.45) is 9.46. The standard InChI is InChI=1S/C14H21Cl2NS/c1-17-13(11-9-12(15)18-14(11)16)10-7-5-3-2-4-6-8-10/h9-10,13,17H,2-8H2,1H3. The second kappa shape index (κ2) is 7.14. The maximum Gasteiger partial charge on any atom is 0.0992 e. The molecular formula is C14H21Cl2NS. The molecule has 0 aromatic carbocycles. The van der Waals surface area contributed by atoms with Crippen molar-refractivity contribution in [1.29, 1.82) is 0 Å². The quantitative estimate of drug-likeness (QED) is 0.758. The van der Waals surface area contributed by atoms with E-state index in [1.54, 1.807) is 0 Å². The molecule has 1 aliphatic rings. The average molecular weight is 306 g/mol. The highest BCUT2D eigenvalue weighted by Gasteiger charge is 2.25. The van der Waals surface area contributed by atoms with Crippen LogP contribution in [0.4, 0.5) is 0 Å². The fourth-order valence-corrected chi connectivity index (χ4v) is 4.58. The van der Waals surface area contributed by atoms with Crippen LogP contribution in [0.2, 0.25) is 8.67 Å². The first-order chi connectivity index (χ1) is 8.72. The molecule has 1 N–H and O–H groups in total. The molecule has 0 amide bonds. The second-order valence-corrected chi connectivity index (χ2v) is 7.44. The number of nitrogens with one attached hydrogen (secondary N) is 1. The van der Waals surface area contributed by atoms with Crippen LogP contribution in [0.25, 0.3) is 0 Å². The van der Waals surface area contributed by atoms with E-state index in [4.69, 9.17) is 23.2 Å². The maximum atomic E-state index is 6.30. The molecule has 0 saturated heterocycles. The highest BCUT2D eigenvalue weighted by molar-refractivity contribution is 7.20. The molecule has 102 valence electrons. The highest BCUT2D eigenvalue weighted by atomic mass is 35.5. The van der Waals surface area contributed by atoms with Crippen molar-refractivity contribution in [1.82, 2.24) is 5.32 Å². The molecular weight excluding hydrogens is 285 g/mol. The Morgan fingerprint density at radius 2 is 1.78 bits per heavy atom. The zero-order valence-corrected chi connectivity index (χ0v) is 13.2. The van der Waals surface area contributed by atoms with Crippen molar-refractivity contribution in [3.05, 3.63) is 20.3 Å². The van der Waals surface area contributed by atoms with E-state index < -0.39 is 0 Å². The van der Waals surface area contributed by atoms with Crippen molar-refractivity contribution in [2.45, 2.75) is 51.0 Å². The van der Waals surface area contributed by atoms with E-state index in [1.807, 2.05) is 13.1 Å². The van der Waals surface area contributed by atoms with Crippen LogP contribution in [0, 0.1) is 5.92 Å². The minimum Gasteiger partial charge on any atom is -0.313 e. The first kappa shape index (κ1) is 14.6. The van der Waals surface area contributed by atoms with E-state index in [9.17, 15) is 0 Å². The van der Waals surface area contributed by atoms with Crippen molar-refractivity contribution < 1.29 is 0 Å². The van der Waals surface area contributed by atoms with Gasteiger partial charge in [0.05, 0.1) is 8.67 Å². The summed E-state index contributed by atoms with van der Waals surface area (Å²) >= 11 is 13.9. The van der Waals surface area contributed by atoms with Crippen molar-refractivity contribution in [2.24, 2.45) is 5.92 Å². The Balaban J connectivity index is 2.13. The van der Waals surface area contributed by atoms with Crippen LogP contribution in [0.3, 0.4) is 0 Å². The normalized spacial score (nSPS) is 20.4. The third kappa shape index (κ3) is 3.63. The number of hydrogen-bond acceptors (Lipinski definition) is 2. The highest BCUT2D eigenvalue weighted by Crippen LogP contribution is 2.40. The van der Waals surface area contributed by atoms with E-state index in [2.05, 4.69) is 5.32 Å². The van der Waals surface area contributed by atoms with Crippen LogP contribution in [-0.4, -0.2) is 7.05 Å². The molecule has 1 saturated carbocycles. The lowest BCUT2D eigenvalue weighted by Gasteiger charge is -2.28. The monoisotopic (exact) mass is 305 g/mol. The zero-order valence-electron chi connectivity index (χ0n) is 10.8. The molecule has 4 heteroatoms. The first-order valence-corrected chi connectivity index (χ1v) is 8.41. The minimum absolute atomic E-state index is 0.361. The zero-order chi connectivity index (χ0) is 13.0. The molecule has 18 heavy (non-hydrogen) atoms. The molecule has 2 rings (SSSR count). The second-order valence-electron chi connectivity index (χ2n) is 5.15. The average Bonchev–Trinajstić information content (AvgIpc) is 2.62. The lowest BCUT2D eigenvalue weighted by molar-refractivity contribution is 0.300. The molecule has 0 aliphatic heterocycles. The maximum absolute atomic E-state index is 6.30. The van der Waals surface area contributed by atoms with Gasteiger partial charge in [0.1, 0.15) is 0 Å². The van der Waals surface area contributed by atoms with Gasteiger partial charge in [0, 0.05) is 11.6 Å². The molecule has 0 bridgehead atoms. The van der Waals surface area contributed by atoms with Gasteiger partial charge in [-0.3, -0.25) is 0 Å². The van der Waals surface area contributed by atoms with Crippen LogP contribution < -0.4 is 5.32 Å². The van der Waals surface area contributed by atoms with Crippen LogP contribution in [0.1, 0.15) is 56.6 Å². The third-order valence-corrected chi connectivity index (χ3v) is 5.47. The number of thiophene rings is 1. The van der Waals surface area contributed by atoms with Crippen LogP contribution in [0.15, 0.2) is 6.07 Å². The van der Waals surface area contributed by atoms with E-state index in [0.29, 0.717) is 12.0 Å². The lowest BCUT2D eigenvalue weighted by atomic mass is 9.83. The molecule has 0 radical (unpaired) electrons. The van der Waals surface area contributed by atoms with Gasteiger partial charge in [0.2, 0.25) is 0 Å². The van der Waals surface area contributed by atoms with Crippen molar-refractivity contribution in [3.8, 4) is 0 Å². The lowest BCUT2D eigenvalue weighted by Crippen LogP contribution is -2.25. The predicted octanol–water partition coefficient (Wildman–Crippen LogP) is 5.68. The van der Waals surface area contributed by atoms with Gasteiger partial charge < -0.3 is 5.32 Å². The van der Waals surface area contributed by atoms with E-state index in [1.165, 1.54) is 61.8 Å². The van der Waals surface area contributed by atoms with E-state index in [-0.39, 0.29) is 0 Å². The molecule has 1 nitrogen and oxygen atoms in total. The SMILES string of the molecule is CNC(c1cc(Cl)sc1Cl)C1CCCCCCC1. The Labute approximate surface area is 124 Å². The van der Waals surface area contributed by atoms with Crippen molar-refractivity contribution >= 4 is 34.5 Å². The largest absolute Gasteiger partial charge is 0.313 e. The van der Waals surface area contributed by atoms with Crippen molar-refractivity contribution in [2.75, 3.05) is 7.05 Å². The Morgan fingerprint density at radius 3 is 2.28 bits per heavy atom. The van der Waals surface area contributed by atoms with E-state index >= 15 is 0 Å². The van der Waals surface area contributed by atoms with Gasteiger partial charge in [-0.15, -0.1) is 11.3 Å².